The molecule has 0 N–H and O–H groups in total. The van der Waals surface area contributed by atoms with E-state index < -0.39 is 0 Å². The van der Waals surface area contributed by atoms with Gasteiger partial charge in [-0.2, -0.15) is 0 Å². The average molecular weight is 240 g/mol. The highest BCUT2D eigenvalue weighted by molar-refractivity contribution is 5.70. The summed E-state index contributed by atoms with van der Waals surface area (Å²) in [6.45, 7) is 9.12. The van der Waals surface area contributed by atoms with E-state index in [1.807, 2.05) is 6.92 Å². The first-order valence-electron chi connectivity index (χ1n) is 6.43. The molecular formula is C17H20O. The molecule has 0 spiro atoms. The highest BCUT2D eigenvalue weighted by atomic mass is 16.5. The van der Waals surface area contributed by atoms with Crippen molar-refractivity contribution >= 4 is 0 Å². The van der Waals surface area contributed by atoms with Crippen LogP contribution >= 0.6 is 0 Å². The molecule has 0 radical (unpaired) electrons. The van der Waals surface area contributed by atoms with Gasteiger partial charge in [0.15, 0.2) is 0 Å². The van der Waals surface area contributed by atoms with Gasteiger partial charge in [-0.1, -0.05) is 35.9 Å². The van der Waals surface area contributed by atoms with Crippen LogP contribution in [0.1, 0.15) is 23.6 Å². The fraction of sp³-hybridized carbons (Fsp3) is 0.294. The Kier molecular flexibility index (Phi) is 3.71. The molecule has 1 nitrogen and oxygen atoms in total. The molecule has 0 atom stereocenters. The molecular weight excluding hydrogens is 220 g/mol. The third-order valence-corrected chi connectivity index (χ3v) is 3.40. The van der Waals surface area contributed by atoms with Gasteiger partial charge in [-0.15, -0.1) is 0 Å². The van der Waals surface area contributed by atoms with Crippen molar-refractivity contribution in [3.05, 3.63) is 53.1 Å². The van der Waals surface area contributed by atoms with E-state index in [4.69, 9.17) is 4.74 Å². The van der Waals surface area contributed by atoms with E-state index in [2.05, 4.69) is 57.2 Å². The lowest BCUT2D eigenvalue weighted by Gasteiger charge is -2.14. The number of benzene rings is 2. The first-order valence-corrected chi connectivity index (χ1v) is 6.43. The quantitative estimate of drug-likeness (QED) is 0.757. The molecule has 0 unspecified atom stereocenters. The van der Waals surface area contributed by atoms with Crippen LogP contribution in [0.3, 0.4) is 0 Å². The third kappa shape index (κ3) is 2.40. The number of rotatable bonds is 3. The van der Waals surface area contributed by atoms with Gasteiger partial charge < -0.3 is 4.74 Å². The van der Waals surface area contributed by atoms with Gasteiger partial charge in [0, 0.05) is 0 Å². The van der Waals surface area contributed by atoms with Crippen LogP contribution in [-0.2, 0) is 0 Å². The van der Waals surface area contributed by atoms with Crippen molar-refractivity contribution in [2.75, 3.05) is 6.61 Å². The van der Waals surface area contributed by atoms with Gasteiger partial charge in [-0.25, -0.2) is 0 Å². The summed E-state index contributed by atoms with van der Waals surface area (Å²) in [7, 11) is 0. The van der Waals surface area contributed by atoms with Crippen LogP contribution in [0, 0.1) is 20.8 Å². The van der Waals surface area contributed by atoms with E-state index in [1.165, 1.54) is 27.8 Å². The fourth-order valence-corrected chi connectivity index (χ4v) is 2.15. The summed E-state index contributed by atoms with van der Waals surface area (Å²) in [5.41, 5.74) is 6.37. The molecule has 2 aromatic rings. The molecule has 0 heterocycles. The van der Waals surface area contributed by atoms with Gasteiger partial charge in [-0.3, -0.25) is 0 Å². The third-order valence-electron chi connectivity index (χ3n) is 3.40. The van der Waals surface area contributed by atoms with Crippen LogP contribution in [-0.4, -0.2) is 6.61 Å². The van der Waals surface area contributed by atoms with Crippen molar-refractivity contribution in [3.8, 4) is 16.9 Å². The molecule has 0 amide bonds. The topological polar surface area (TPSA) is 9.23 Å². The van der Waals surface area contributed by atoms with Crippen LogP contribution in [0.4, 0.5) is 0 Å². The Labute approximate surface area is 109 Å². The van der Waals surface area contributed by atoms with Gasteiger partial charge in [0.2, 0.25) is 0 Å². The van der Waals surface area contributed by atoms with E-state index in [-0.39, 0.29) is 0 Å². The Hall–Kier alpha value is -1.76. The Morgan fingerprint density at radius 2 is 1.50 bits per heavy atom. The van der Waals surface area contributed by atoms with E-state index in [0.717, 1.165) is 5.75 Å². The van der Waals surface area contributed by atoms with E-state index >= 15 is 0 Å². The van der Waals surface area contributed by atoms with Crippen molar-refractivity contribution < 1.29 is 4.74 Å². The molecule has 0 saturated heterocycles. The predicted molar refractivity (Wildman–Crippen MR) is 77.3 cm³/mol. The van der Waals surface area contributed by atoms with Crippen LogP contribution < -0.4 is 4.74 Å². The second kappa shape index (κ2) is 5.26. The van der Waals surface area contributed by atoms with Crippen molar-refractivity contribution in [1.82, 2.24) is 0 Å². The maximum atomic E-state index is 5.63. The predicted octanol–water partition coefficient (Wildman–Crippen LogP) is 4.68. The Morgan fingerprint density at radius 3 is 2.11 bits per heavy atom. The zero-order valence-corrected chi connectivity index (χ0v) is 11.6. The minimum absolute atomic E-state index is 0.712. The first-order chi connectivity index (χ1) is 8.63. The summed E-state index contributed by atoms with van der Waals surface area (Å²) in [5.74, 6) is 0.992. The number of aryl methyl sites for hydroxylation is 1. The summed E-state index contributed by atoms with van der Waals surface area (Å²) in [5, 5.41) is 0. The standard InChI is InChI=1S/C17H20O/c1-5-18-17-11-10-16(13(3)14(17)4)15-8-6-12(2)7-9-15/h6-11H,5H2,1-4H3. The number of ether oxygens (including phenoxy) is 1. The summed E-state index contributed by atoms with van der Waals surface area (Å²) >= 11 is 0. The minimum Gasteiger partial charge on any atom is -0.494 e. The maximum absolute atomic E-state index is 5.63. The number of hydrogen-bond donors (Lipinski definition) is 0. The summed E-state index contributed by atoms with van der Waals surface area (Å²) in [4.78, 5) is 0. The van der Waals surface area contributed by atoms with Crippen molar-refractivity contribution in [1.29, 1.82) is 0 Å². The Morgan fingerprint density at radius 1 is 0.833 bits per heavy atom. The summed E-state index contributed by atoms with van der Waals surface area (Å²) in [6, 6.07) is 12.9. The molecule has 0 saturated carbocycles. The molecule has 2 aromatic carbocycles. The highest BCUT2D eigenvalue weighted by Gasteiger charge is 2.08. The maximum Gasteiger partial charge on any atom is 0.122 e. The fourth-order valence-electron chi connectivity index (χ4n) is 2.15. The number of hydrogen-bond acceptors (Lipinski definition) is 1. The second-order valence-electron chi connectivity index (χ2n) is 4.66. The molecule has 2 rings (SSSR count). The van der Waals surface area contributed by atoms with E-state index in [9.17, 15) is 0 Å². The molecule has 0 bridgehead atoms. The molecule has 1 heteroatoms. The lowest BCUT2D eigenvalue weighted by molar-refractivity contribution is 0.337. The molecule has 0 fully saturated rings. The zero-order chi connectivity index (χ0) is 13.1. The zero-order valence-electron chi connectivity index (χ0n) is 11.6. The van der Waals surface area contributed by atoms with Crippen LogP contribution in [0.5, 0.6) is 5.75 Å². The van der Waals surface area contributed by atoms with E-state index in [1.54, 1.807) is 0 Å². The van der Waals surface area contributed by atoms with Gasteiger partial charge in [0.25, 0.3) is 0 Å². The van der Waals surface area contributed by atoms with Gasteiger partial charge in [0.1, 0.15) is 5.75 Å². The monoisotopic (exact) mass is 240 g/mol. The van der Waals surface area contributed by atoms with Crippen molar-refractivity contribution in [2.24, 2.45) is 0 Å². The SMILES string of the molecule is CCOc1ccc(-c2ccc(C)cc2)c(C)c1C. The normalized spacial score (nSPS) is 10.4. The molecule has 0 aliphatic heterocycles. The van der Waals surface area contributed by atoms with Gasteiger partial charge in [-0.05, 0) is 56.0 Å². The second-order valence-corrected chi connectivity index (χ2v) is 4.66. The van der Waals surface area contributed by atoms with Crippen molar-refractivity contribution in [3.63, 3.8) is 0 Å². The van der Waals surface area contributed by atoms with Crippen LogP contribution in [0.15, 0.2) is 36.4 Å². The first kappa shape index (κ1) is 12.7. The largest absolute Gasteiger partial charge is 0.494 e. The van der Waals surface area contributed by atoms with Crippen LogP contribution in [0.2, 0.25) is 0 Å². The summed E-state index contributed by atoms with van der Waals surface area (Å²) < 4.78 is 5.63. The molecule has 0 aliphatic carbocycles. The average Bonchev–Trinajstić information content (AvgIpc) is 2.37. The van der Waals surface area contributed by atoms with Gasteiger partial charge >= 0.3 is 0 Å². The van der Waals surface area contributed by atoms with Gasteiger partial charge in [0.05, 0.1) is 6.61 Å². The van der Waals surface area contributed by atoms with Crippen LogP contribution in [0.25, 0.3) is 11.1 Å². The minimum atomic E-state index is 0.712. The molecule has 0 aliphatic rings. The molecule has 18 heavy (non-hydrogen) atoms. The Balaban J connectivity index is 2.46. The highest BCUT2D eigenvalue weighted by Crippen LogP contribution is 2.31. The Bertz CT molecular complexity index is 538. The lowest BCUT2D eigenvalue weighted by Crippen LogP contribution is -1.97. The van der Waals surface area contributed by atoms with E-state index in [0.29, 0.717) is 6.61 Å². The molecule has 0 aromatic heterocycles. The molecule has 94 valence electrons. The lowest BCUT2D eigenvalue weighted by atomic mass is 9.96. The smallest absolute Gasteiger partial charge is 0.122 e. The summed E-state index contributed by atoms with van der Waals surface area (Å²) in [6.07, 6.45) is 0. The van der Waals surface area contributed by atoms with Crippen molar-refractivity contribution in [2.45, 2.75) is 27.7 Å².